The first kappa shape index (κ1) is 24.5. The van der Waals surface area contributed by atoms with Crippen LogP contribution in [0.1, 0.15) is 56.6 Å². The number of anilines is 1. The summed E-state index contributed by atoms with van der Waals surface area (Å²) >= 11 is 1.58. The summed E-state index contributed by atoms with van der Waals surface area (Å²) in [4.78, 5) is 29.8. The van der Waals surface area contributed by atoms with Gasteiger partial charge in [-0.1, -0.05) is 45.9 Å². The lowest BCUT2D eigenvalue weighted by molar-refractivity contribution is -0.118. The molecule has 1 heterocycles. The average Bonchev–Trinajstić information content (AvgIpc) is 3.33. The van der Waals surface area contributed by atoms with Crippen LogP contribution in [0.15, 0.2) is 54.0 Å². The van der Waals surface area contributed by atoms with E-state index in [1.54, 1.807) is 35.7 Å². The molecule has 0 spiro atoms. The van der Waals surface area contributed by atoms with Gasteiger partial charge in [0.1, 0.15) is 10.8 Å². The first-order chi connectivity index (χ1) is 15.7. The van der Waals surface area contributed by atoms with Crippen molar-refractivity contribution in [3.05, 3.63) is 65.2 Å². The van der Waals surface area contributed by atoms with Crippen molar-refractivity contribution in [2.75, 3.05) is 11.9 Å². The van der Waals surface area contributed by atoms with Crippen LogP contribution in [-0.2, 0) is 4.79 Å². The summed E-state index contributed by atoms with van der Waals surface area (Å²) in [5.41, 5.74) is 2.95. The molecule has 2 aromatic carbocycles. The highest BCUT2D eigenvalue weighted by molar-refractivity contribution is 7.13. The van der Waals surface area contributed by atoms with Gasteiger partial charge in [0.15, 0.2) is 0 Å². The predicted molar refractivity (Wildman–Crippen MR) is 134 cm³/mol. The summed E-state index contributed by atoms with van der Waals surface area (Å²) in [6.07, 6.45) is 1.78. The fourth-order valence-electron chi connectivity index (χ4n) is 3.12. The number of carbonyl (C=O) groups excluding carboxylic acids is 2. The topological polar surface area (TPSA) is 80.3 Å². The Balaban J connectivity index is 1.82. The predicted octanol–water partition coefficient (Wildman–Crippen LogP) is 5.93. The van der Waals surface area contributed by atoms with E-state index in [0.29, 0.717) is 29.5 Å². The first-order valence-corrected chi connectivity index (χ1v) is 12.0. The number of nitrogens with one attached hydrogen (secondary N) is 2. The maximum atomic E-state index is 13.3. The van der Waals surface area contributed by atoms with E-state index in [4.69, 9.17) is 4.74 Å². The maximum Gasteiger partial charge on any atom is 0.255 e. The maximum absolute atomic E-state index is 13.3. The summed E-state index contributed by atoms with van der Waals surface area (Å²) in [6, 6.07) is 12.9. The molecular formula is C26H31N3O3S. The number of amides is 2. The third-order valence-electron chi connectivity index (χ3n) is 5.00. The summed E-state index contributed by atoms with van der Waals surface area (Å²) in [6.45, 7) is 10.2. The third kappa shape index (κ3) is 6.65. The number of rotatable bonds is 9. The average molecular weight is 466 g/mol. The Hall–Kier alpha value is -3.19. The summed E-state index contributed by atoms with van der Waals surface area (Å²) in [7, 11) is 0. The minimum absolute atomic E-state index is 0.107. The van der Waals surface area contributed by atoms with Crippen LogP contribution in [0.5, 0.6) is 5.75 Å². The van der Waals surface area contributed by atoms with Gasteiger partial charge in [-0.15, -0.1) is 11.3 Å². The van der Waals surface area contributed by atoms with Crippen LogP contribution in [0.25, 0.3) is 10.6 Å². The van der Waals surface area contributed by atoms with Gasteiger partial charge in [0.2, 0.25) is 5.91 Å². The van der Waals surface area contributed by atoms with Gasteiger partial charge in [0, 0.05) is 28.7 Å². The third-order valence-corrected chi connectivity index (χ3v) is 5.82. The standard InChI is InChI=1S/C26H31N3O3S/c1-16(2)15-32-23-10-9-21(29-24(30)17(3)4)14-22(23)25(31)28-18(5)19-7-6-8-20(13-19)26-27-11-12-33-26/h6-14,16-18H,15H2,1-5H3,(H,28,31)(H,29,30). The van der Waals surface area contributed by atoms with Crippen molar-refractivity contribution in [2.45, 2.75) is 40.7 Å². The SMILES string of the molecule is CC(C)COc1ccc(NC(=O)C(C)C)cc1C(=O)NC(C)c1cccc(-c2nccs2)c1. The summed E-state index contributed by atoms with van der Waals surface area (Å²) in [5.74, 6) is 0.275. The van der Waals surface area contributed by atoms with E-state index in [0.717, 1.165) is 16.1 Å². The lowest BCUT2D eigenvalue weighted by atomic mass is 10.0. The Bertz CT molecular complexity index is 1090. The fraction of sp³-hybridized carbons (Fsp3) is 0.346. The number of aromatic nitrogens is 1. The van der Waals surface area contributed by atoms with Gasteiger partial charge in [-0.2, -0.15) is 0 Å². The number of nitrogens with zero attached hydrogens (tertiary/aromatic N) is 1. The molecule has 2 amide bonds. The van der Waals surface area contributed by atoms with Crippen molar-refractivity contribution in [3.8, 4) is 16.3 Å². The molecule has 0 saturated carbocycles. The molecule has 3 rings (SSSR count). The normalized spacial score (nSPS) is 12.0. The van der Waals surface area contributed by atoms with Crippen LogP contribution < -0.4 is 15.4 Å². The number of hydrogen-bond acceptors (Lipinski definition) is 5. The van der Waals surface area contributed by atoms with Crippen molar-refractivity contribution >= 4 is 28.8 Å². The molecule has 0 bridgehead atoms. The first-order valence-electron chi connectivity index (χ1n) is 11.1. The van der Waals surface area contributed by atoms with E-state index < -0.39 is 0 Å². The van der Waals surface area contributed by atoms with Crippen LogP contribution >= 0.6 is 11.3 Å². The number of thiazole rings is 1. The second-order valence-electron chi connectivity index (χ2n) is 8.72. The number of carbonyl (C=O) groups is 2. The Morgan fingerprint density at radius 3 is 2.52 bits per heavy atom. The molecule has 2 N–H and O–H groups in total. The highest BCUT2D eigenvalue weighted by Crippen LogP contribution is 2.27. The van der Waals surface area contributed by atoms with Crippen LogP contribution in [0.2, 0.25) is 0 Å². The zero-order valence-electron chi connectivity index (χ0n) is 19.7. The molecule has 174 valence electrons. The highest BCUT2D eigenvalue weighted by Gasteiger charge is 2.19. The largest absolute Gasteiger partial charge is 0.492 e. The molecule has 0 saturated heterocycles. The zero-order valence-corrected chi connectivity index (χ0v) is 20.5. The van der Waals surface area contributed by atoms with Crippen LogP contribution in [0, 0.1) is 11.8 Å². The number of benzene rings is 2. The van der Waals surface area contributed by atoms with Crippen molar-refractivity contribution in [1.29, 1.82) is 0 Å². The lowest BCUT2D eigenvalue weighted by Gasteiger charge is -2.18. The molecule has 0 fully saturated rings. The van der Waals surface area contributed by atoms with E-state index in [2.05, 4.69) is 29.5 Å². The van der Waals surface area contributed by atoms with Gasteiger partial charge < -0.3 is 15.4 Å². The monoisotopic (exact) mass is 465 g/mol. The Morgan fingerprint density at radius 2 is 1.85 bits per heavy atom. The molecular weight excluding hydrogens is 434 g/mol. The van der Waals surface area contributed by atoms with E-state index in [9.17, 15) is 9.59 Å². The van der Waals surface area contributed by atoms with E-state index in [1.807, 2.05) is 50.4 Å². The number of ether oxygens (including phenoxy) is 1. The molecule has 7 heteroatoms. The van der Waals surface area contributed by atoms with Gasteiger partial charge in [-0.25, -0.2) is 4.98 Å². The van der Waals surface area contributed by atoms with Crippen molar-refractivity contribution in [3.63, 3.8) is 0 Å². The molecule has 0 aliphatic rings. The quantitative estimate of drug-likeness (QED) is 0.410. The number of hydrogen-bond donors (Lipinski definition) is 2. The van der Waals surface area contributed by atoms with Crippen LogP contribution in [0.4, 0.5) is 5.69 Å². The van der Waals surface area contributed by atoms with Crippen molar-refractivity contribution in [1.82, 2.24) is 10.3 Å². The second kappa shape index (κ2) is 11.1. The lowest BCUT2D eigenvalue weighted by Crippen LogP contribution is -2.27. The van der Waals surface area contributed by atoms with Gasteiger partial charge in [0.05, 0.1) is 18.2 Å². The molecule has 0 radical (unpaired) electrons. The fourth-order valence-corrected chi connectivity index (χ4v) is 3.75. The summed E-state index contributed by atoms with van der Waals surface area (Å²) < 4.78 is 5.90. The Morgan fingerprint density at radius 1 is 1.06 bits per heavy atom. The Kier molecular flexibility index (Phi) is 8.22. The van der Waals surface area contributed by atoms with E-state index in [-0.39, 0.29) is 23.8 Å². The van der Waals surface area contributed by atoms with Crippen molar-refractivity contribution in [2.24, 2.45) is 11.8 Å². The molecule has 3 aromatic rings. The van der Waals surface area contributed by atoms with Crippen LogP contribution in [0.3, 0.4) is 0 Å². The molecule has 1 atom stereocenters. The second-order valence-corrected chi connectivity index (χ2v) is 9.61. The smallest absolute Gasteiger partial charge is 0.255 e. The van der Waals surface area contributed by atoms with Gasteiger partial charge >= 0.3 is 0 Å². The molecule has 1 aromatic heterocycles. The molecule has 0 aliphatic carbocycles. The van der Waals surface area contributed by atoms with Gasteiger partial charge in [0.25, 0.3) is 5.91 Å². The van der Waals surface area contributed by atoms with Crippen LogP contribution in [-0.4, -0.2) is 23.4 Å². The highest BCUT2D eigenvalue weighted by atomic mass is 32.1. The molecule has 33 heavy (non-hydrogen) atoms. The molecule has 0 aliphatic heterocycles. The minimum Gasteiger partial charge on any atom is -0.492 e. The van der Waals surface area contributed by atoms with Gasteiger partial charge in [-0.05, 0) is 42.7 Å². The molecule has 1 unspecified atom stereocenters. The summed E-state index contributed by atoms with van der Waals surface area (Å²) in [5, 5.41) is 8.80. The van der Waals surface area contributed by atoms with E-state index in [1.165, 1.54) is 0 Å². The zero-order chi connectivity index (χ0) is 24.0. The molecule has 6 nitrogen and oxygen atoms in total. The minimum atomic E-state index is -0.262. The van der Waals surface area contributed by atoms with E-state index >= 15 is 0 Å². The van der Waals surface area contributed by atoms with Gasteiger partial charge in [-0.3, -0.25) is 9.59 Å². The Labute approximate surface area is 199 Å². The van der Waals surface area contributed by atoms with Crippen molar-refractivity contribution < 1.29 is 14.3 Å².